The number of halogens is 1. The predicted octanol–water partition coefficient (Wildman–Crippen LogP) is 3.47. The predicted molar refractivity (Wildman–Crippen MR) is 117 cm³/mol. The first-order chi connectivity index (χ1) is 12.0. The standard InChI is InChI=1S/C19H34N6.HI/c1-5-19(10-6-7-11-19)13-21-18(20-4)22-15-8-9-16-23-17(14(2)3)24-25(16)12-15;/h14-15H,5-13H2,1-4H3,(H2,20,21,22);1H. The second-order valence-electron chi connectivity index (χ2n) is 8.09. The number of hydrogen-bond donors (Lipinski definition) is 2. The fraction of sp³-hybridized carbons (Fsp3) is 0.842. The first-order valence-electron chi connectivity index (χ1n) is 9.96. The molecule has 1 saturated carbocycles. The molecule has 1 atom stereocenters. The van der Waals surface area contributed by atoms with Gasteiger partial charge in [-0.25, -0.2) is 9.67 Å². The van der Waals surface area contributed by atoms with Gasteiger partial charge >= 0.3 is 0 Å². The molecule has 6 nitrogen and oxygen atoms in total. The number of rotatable bonds is 5. The first kappa shape index (κ1) is 21.4. The summed E-state index contributed by atoms with van der Waals surface area (Å²) in [6.45, 7) is 8.52. The second kappa shape index (κ2) is 9.37. The van der Waals surface area contributed by atoms with Gasteiger partial charge in [0.05, 0.1) is 6.54 Å². The van der Waals surface area contributed by atoms with E-state index in [4.69, 9.17) is 0 Å². The van der Waals surface area contributed by atoms with Crippen LogP contribution in [0, 0.1) is 5.41 Å². The average Bonchev–Trinajstić information content (AvgIpc) is 3.25. The number of nitrogens with zero attached hydrogens (tertiary/aromatic N) is 4. The maximum Gasteiger partial charge on any atom is 0.191 e. The normalized spacial score (nSPS) is 22.0. The van der Waals surface area contributed by atoms with Gasteiger partial charge in [0.25, 0.3) is 0 Å². The molecule has 7 heteroatoms. The van der Waals surface area contributed by atoms with Gasteiger partial charge in [-0.3, -0.25) is 4.99 Å². The molecule has 1 unspecified atom stereocenters. The Balaban J connectivity index is 0.00000243. The molecule has 2 N–H and O–H groups in total. The van der Waals surface area contributed by atoms with E-state index in [0.717, 1.165) is 43.5 Å². The number of fused-ring (bicyclic) bond motifs is 1. The molecular formula is C19H35IN6. The lowest BCUT2D eigenvalue weighted by atomic mass is 9.83. The minimum absolute atomic E-state index is 0. The molecule has 2 aliphatic rings. The van der Waals surface area contributed by atoms with E-state index < -0.39 is 0 Å². The maximum absolute atomic E-state index is 4.67. The van der Waals surface area contributed by atoms with Crippen molar-refractivity contribution in [3.63, 3.8) is 0 Å². The molecule has 0 bridgehead atoms. The summed E-state index contributed by atoms with van der Waals surface area (Å²) >= 11 is 0. The van der Waals surface area contributed by atoms with E-state index in [9.17, 15) is 0 Å². The highest BCUT2D eigenvalue weighted by molar-refractivity contribution is 14.0. The van der Waals surface area contributed by atoms with Crippen molar-refractivity contribution in [2.24, 2.45) is 10.4 Å². The van der Waals surface area contributed by atoms with Crippen LogP contribution in [0.2, 0.25) is 0 Å². The van der Waals surface area contributed by atoms with E-state index in [1.54, 1.807) is 0 Å². The lowest BCUT2D eigenvalue weighted by Crippen LogP contribution is -2.49. The van der Waals surface area contributed by atoms with Crippen LogP contribution in [0.25, 0.3) is 0 Å². The fourth-order valence-electron chi connectivity index (χ4n) is 4.13. The minimum Gasteiger partial charge on any atom is -0.356 e. The molecule has 0 spiro atoms. The van der Waals surface area contributed by atoms with Gasteiger partial charge in [0, 0.05) is 32.0 Å². The molecule has 1 aliphatic heterocycles. The Morgan fingerprint density at radius 2 is 2.08 bits per heavy atom. The number of aryl methyl sites for hydroxylation is 1. The van der Waals surface area contributed by atoms with Crippen LogP contribution in [0.3, 0.4) is 0 Å². The summed E-state index contributed by atoms with van der Waals surface area (Å²) in [7, 11) is 1.86. The molecule has 1 fully saturated rings. The summed E-state index contributed by atoms with van der Waals surface area (Å²) in [6.07, 6.45) is 8.74. The zero-order valence-electron chi connectivity index (χ0n) is 16.7. The van der Waals surface area contributed by atoms with Gasteiger partial charge < -0.3 is 10.6 Å². The average molecular weight is 474 g/mol. The van der Waals surface area contributed by atoms with Crippen LogP contribution in [0.4, 0.5) is 0 Å². The number of guanidine groups is 1. The van der Waals surface area contributed by atoms with Crippen molar-refractivity contribution in [3.8, 4) is 0 Å². The lowest BCUT2D eigenvalue weighted by molar-refractivity contribution is 0.282. The van der Waals surface area contributed by atoms with Crippen molar-refractivity contribution in [1.29, 1.82) is 0 Å². The topological polar surface area (TPSA) is 67.1 Å². The summed E-state index contributed by atoms with van der Waals surface area (Å²) in [5, 5.41) is 11.9. The molecule has 0 aromatic carbocycles. The summed E-state index contributed by atoms with van der Waals surface area (Å²) in [4.78, 5) is 9.12. The Kier molecular flexibility index (Phi) is 7.73. The minimum atomic E-state index is 0. The quantitative estimate of drug-likeness (QED) is 0.390. The Bertz CT molecular complexity index is 603. The molecule has 0 amide bonds. The van der Waals surface area contributed by atoms with Crippen molar-refractivity contribution in [2.75, 3.05) is 13.6 Å². The second-order valence-corrected chi connectivity index (χ2v) is 8.09. The van der Waals surface area contributed by atoms with Crippen LogP contribution in [0.15, 0.2) is 4.99 Å². The summed E-state index contributed by atoms with van der Waals surface area (Å²) in [5.41, 5.74) is 0.468. The third-order valence-electron chi connectivity index (χ3n) is 6.00. The highest BCUT2D eigenvalue weighted by atomic mass is 127. The monoisotopic (exact) mass is 474 g/mol. The van der Waals surface area contributed by atoms with Gasteiger partial charge in [-0.1, -0.05) is 33.6 Å². The molecule has 148 valence electrons. The van der Waals surface area contributed by atoms with Gasteiger partial charge in [0.15, 0.2) is 11.8 Å². The molecule has 2 heterocycles. The van der Waals surface area contributed by atoms with E-state index in [1.807, 2.05) is 7.05 Å². The zero-order valence-corrected chi connectivity index (χ0v) is 19.0. The SMILES string of the molecule is CCC1(CNC(=NC)NC2CCc3nc(C(C)C)nn3C2)CCCC1.I. The summed E-state index contributed by atoms with van der Waals surface area (Å²) < 4.78 is 2.08. The molecule has 1 aromatic rings. The highest BCUT2D eigenvalue weighted by Gasteiger charge is 2.32. The zero-order chi connectivity index (χ0) is 17.9. The van der Waals surface area contributed by atoms with E-state index in [0.29, 0.717) is 17.4 Å². The van der Waals surface area contributed by atoms with E-state index in [1.165, 1.54) is 32.1 Å². The molecule has 0 radical (unpaired) electrons. The number of aromatic nitrogens is 3. The van der Waals surface area contributed by atoms with Crippen LogP contribution >= 0.6 is 24.0 Å². The Hall–Kier alpha value is -0.860. The van der Waals surface area contributed by atoms with E-state index >= 15 is 0 Å². The molecule has 1 aromatic heterocycles. The molecule has 0 saturated heterocycles. The molecule has 26 heavy (non-hydrogen) atoms. The number of nitrogens with one attached hydrogen (secondary N) is 2. The van der Waals surface area contributed by atoms with Gasteiger partial charge in [-0.2, -0.15) is 5.10 Å². The third-order valence-corrected chi connectivity index (χ3v) is 6.00. The van der Waals surface area contributed by atoms with Crippen LogP contribution in [0.1, 0.15) is 76.9 Å². The van der Waals surface area contributed by atoms with Gasteiger partial charge in [0.2, 0.25) is 0 Å². The van der Waals surface area contributed by atoms with Gasteiger partial charge in [-0.05, 0) is 31.1 Å². The largest absolute Gasteiger partial charge is 0.356 e. The van der Waals surface area contributed by atoms with Crippen LogP contribution in [0.5, 0.6) is 0 Å². The number of aliphatic imine (C=N–C) groups is 1. The third kappa shape index (κ3) is 4.89. The summed E-state index contributed by atoms with van der Waals surface area (Å²) in [6, 6.07) is 0.363. The van der Waals surface area contributed by atoms with E-state index in [-0.39, 0.29) is 24.0 Å². The molecule has 3 rings (SSSR count). The smallest absolute Gasteiger partial charge is 0.191 e. The van der Waals surface area contributed by atoms with Gasteiger partial charge in [0.1, 0.15) is 5.82 Å². The van der Waals surface area contributed by atoms with Crippen LogP contribution in [-0.2, 0) is 13.0 Å². The Morgan fingerprint density at radius 1 is 1.35 bits per heavy atom. The molecule has 1 aliphatic carbocycles. The first-order valence-corrected chi connectivity index (χ1v) is 9.96. The molecular weight excluding hydrogens is 439 g/mol. The summed E-state index contributed by atoms with van der Waals surface area (Å²) in [5.74, 6) is 3.40. The maximum atomic E-state index is 4.67. The van der Waals surface area contributed by atoms with Crippen molar-refractivity contribution < 1.29 is 0 Å². The Labute approximate surface area is 175 Å². The van der Waals surface area contributed by atoms with Crippen molar-refractivity contribution in [1.82, 2.24) is 25.4 Å². The fourth-order valence-corrected chi connectivity index (χ4v) is 4.13. The van der Waals surface area contributed by atoms with Crippen molar-refractivity contribution in [3.05, 3.63) is 11.6 Å². The Morgan fingerprint density at radius 3 is 2.69 bits per heavy atom. The van der Waals surface area contributed by atoms with Gasteiger partial charge in [-0.15, -0.1) is 24.0 Å². The number of hydrogen-bond acceptors (Lipinski definition) is 3. The lowest BCUT2D eigenvalue weighted by Gasteiger charge is -2.30. The van der Waals surface area contributed by atoms with Crippen molar-refractivity contribution in [2.45, 2.75) is 84.2 Å². The highest BCUT2D eigenvalue weighted by Crippen LogP contribution is 2.40. The van der Waals surface area contributed by atoms with Crippen molar-refractivity contribution >= 4 is 29.9 Å². The van der Waals surface area contributed by atoms with Crippen LogP contribution < -0.4 is 10.6 Å². The van der Waals surface area contributed by atoms with E-state index in [2.05, 4.69) is 51.2 Å². The van der Waals surface area contributed by atoms with Crippen LogP contribution in [-0.4, -0.2) is 40.4 Å².